The highest BCUT2D eigenvalue weighted by atomic mass is 16.6. The van der Waals surface area contributed by atoms with Gasteiger partial charge in [0.25, 0.3) is 0 Å². The summed E-state index contributed by atoms with van der Waals surface area (Å²) < 4.78 is 10.8. The van der Waals surface area contributed by atoms with Gasteiger partial charge < -0.3 is 14.6 Å². The summed E-state index contributed by atoms with van der Waals surface area (Å²) in [5.41, 5.74) is 0. The van der Waals surface area contributed by atoms with Gasteiger partial charge in [-0.05, 0) is 25.7 Å². The minimum Gasteiger partial charge on any atom is -0.460 e. The molecule has 3 atom stereocenters. The Kier molecular flexibility index (Phi) is 5.49. The Balaban J connectivity index is 2.47. The predicted octanol–water partition coefficient (Wildman–Crippen LogP) is 1.42. The first-order chi connectivity index (χ1) is 7.67. The van der Waals surface area contributed by atoms with E-state index in [1.165, 1.54) is 6.92 Å². The van der Waals surface area contributed by atoms with E-state index in [2.05, 4.69) is 6.58 Å². The van der Waals surface area contributed by atoms with E-state index >= 15 is 0 Å². The van der Waals surface area contributed by atoms with Gasteiger partial charge in [-0.3, -0.25) is 4.79 Å². The molecule has 0 saturated carbocycles. The van der Waals surface area contributed by atoms with Crippen molar-refractivity contribution in [1.82, 2.24) is 0 Å². The van der Waals surface area contributed by atoms with Gasteiger partial charge in [-0.2, -0.15) is 0 Å². The molecule has 16 heavy (non-hydrogen) atoms. The van der Waals surface area contributed by atoms with Crippen LogP contribution in [0.1, 0.15) is 32.6 Å². The number of aliphatic hydroxyl groups excluding tert-OH is 1. The van der Waals surface area contributed by atoms with Crippen molar-refractivity contribution in [3.63, 3.8) is 0 Å². The standard InChI is InChI=1S/C12H20O4/c1-3-4-5-11(15-9(2)14)12-7-6-10(8-13)16-12/h3,10-13H,1,4-8H2,2H3/t10-,11-,12-/m1/s1. The molecule has 0 aromatic carbocycles. The average Bonchev–Trinajstić information content (AvgIpc) is 2.72. The molecule has 1 N–H and O–H groups in total. The quantitative estimate of drug-likeness (QED) is 0.552. The van der Waals surface area contributed by atoms with Crippen LogP contribution < -0.4 is 0 Å². The summed E-state index contributed by atoms with van der Waals surface area (Å²) in [7, 11) is 0. The maximum atomic E-state index is 11.0. The number of esters is 1. The molecule has 0 radical (unpaired) electrons. The van der Waals surface area contributed by atoms with E-state index in [1.807, 2.05) is 0 Å². The molecule has 4 heteroatoms. The molecule has 92 valence electrons. The Labute approximate surface area is 96.2 Å². The smallest absolute Gasteiger partial charge is 0.302 e. The summed E-state index contributed by atoms with van der Waals surface area (Å²) in [4.78, 5) is 11.0. The molecule has 1 heterocycles. The van der Waals surface area contributed by atoms with E-state index in [0.717, 1.165) is 25.7 Å². The van der Waals surface area contributed by atoms with Crippen molar-refractivity contribution in [1.29, 1.82) is 0 Å². The largest absolute Gasteiger partial charge is 0.460 e. The fourth-order valence-corrected chi connectivity index (χ4v) is 1.96. The minimum absolute atomic E-state index is 0.0325. The van der Waals surface area contributed by atoms with Crippen LogP contribution in [0.15, 0.2) is 12.7 Å². The first kappa shape index (κ1) is 13.2. The van der Waals surface area contributed by atoms with Gasteiger partial charge in [-0.1, -0.05) is 6.08 Å². The summed E-state index contributed by atoms with van der Waals surface area (Å²) in [6.07, 6.45) is 4.58. The first-order valence-corrected chi connectivity index (χ1v) is 5.71. The fraction of sp³-hybridized carbons (Fsp3) is 0.750. The number of hydrogen-bond donors (Lipinski definition) is 1. The van der Waals surface area contributed by atoms with E-state index in [9.17, 15) is 4.79 Å². The van der Waals surface area contributed by atoms with Gasteiger partial charge in [0, 0.05) is 6.92 Å². The zero-order valence-electron chi connectivity index (χ0n) is 9.72. The van der Waals surface area contributed by atoms with Gasteiger partial charge >= 0.3 is 5.97 Å². The van der Waals surface area contributed by atoms with Gasteiger partial charge in [0.05, 0.1) is 18.8 Å². The van der Waals surface area contributed by atoms with Crippen molar-refractivity contribution >= 4 is 5.97 Å². The molecule has 0 unspecified atom stereocenters. The van der Waals surface area contributed by atoms with Crippen molar-refractivity contribution < 1.29 is 19.4 Å². The number of allylic oxidation sites excluding steroid dienone is 1. The molecule has 1 rings (SSSR count). The minimum atomic E-state index is -0.287. The summed E-state index contributed by atoms with van der Waals surface area (Å²) in [6, 6.07) is 0. The second kappa shape index (κ2) is 6.66. The molecule has 0 aliphatic carbocycles. The highest BCUT2D eigenvalue weighted by molar-refractivity contribution is 5.66. The molecule has 0 bridgehead atoms. The lowest BCUT2D eigenvalue weighted by Gasteiger charge is -2.23. The monoisotopic (exact) mass is 228 g/mol. The number of hydrogen-bond acceptors (Lipinski definition) is 4. The second-order valence-corrected chi connectivity index (χ2v) is 4.07. The number of ether oxygens (including phenoxy) is 2. The molecular formula is C12H20O4. The van der Waals surface area contributed by atoms with Crippen molar-refractivity contribution in [3.8, 4) is 0 Å². The van der Waals surface area contributed by atoms with E-state index in [0.29, 0.717) is 0 Å². The zero-order chi connectivity index (χ0) is 12.0. The molecule has 1 aliphatic heterocycles. The van der Waals surface area contributed by atoms with E-state index < -0.39 is 0 Å². The summed E-state index contributed by atoms with van der Waals surface area (Å²) in [5, 5.41) is 8.97. The molecule has 0 aromatic rings. The Hall–Kier alpha value is -0.870. The van der Waals surface area contributed by atoms with Crippen LogP contribution in [0, 0.1) is 0 Å². The van der Waals surface area contributed by atoms with Crippen LogP contribution in [0.4, 0.5) is 0 Å². The van der Waals surface area contributed by atoms with E-state index in [-0.39, 0.29) is 30.9 Å². The third-order valence-corrected chi connectivity index (χ3v) is 2.73. The maximum Gasteiger partial charge on any atom is 0.302 e. The summed E-state index contributed by atoms with van der Waals surface area (Å²) in [5.74, 6) is -0.287. The second-order valence-electron chi connectivity index (χ2n) is 4.07. The molecule has 1 saturated heterocycles. The molecule has 0 aromatic heterocycles. The van der Waals surface area contributed by atoms with Gasteiger partial charge in [0.2, 0.25) is 0 Å². The van der Waals surface area contributed by atoms with Crippen LogP contribution in [0.3, 0.4) is 0 Å². The molecule has 1 fully saturated rings. The normalized spacial score (nSPS) is 26.4. The highest BCUT2D eigenvalue weighted by Crippen LogP contribution is 2.25. The molecule has 0 spiro atoms. The molecule has 4 nitrogen and oxygen atoms in total. The number of aliphatic hydroxyl groups is 1. The Bertz CT molecular complexity index is 239. The van der Waals surface area contributed by atoms with Crippen LogP contribution in [0.5, 0.6) is 0 Å². The summed E-state index contributed by atoms with van der Waals surface area (Å²) >= 11 is 0. The van der Waals surface area contributed by atoms with Crippen molar-refractivity contribution in [2.24, 2.45) is 0 Å². The van der Waals surface area contributed by atoms with E-state index in [4.69, 9.17) is 14.6 Å². The van der Waals surface area contributed by atoms with Crippen molar-refractivity contribution in [2.45, 2.75) is 50.9 Å². The average molecular weight is 228 g/mol. The summed E-state index contributed by atoms with van der Waals surface area (Å²) in [6.45, 7) is 5.08. The Morgan fingerprint density at radius 1 is 1.69 bits per heavy atom. The van der Waals surface area contributed by atoms with Crippen LogP contribution >= 0.6 is 0 Å². The van der Waals surface area contributed by atoms with Crippen LogP contribution in [-0.2, 0) is 14.3 Å². The molecule has 0 amide bonds. The van der Waals surface area contributed by atoms with Crippen LogP contribution in [0.25, 0.3) is 0 Å². The van der Waals surface area contributed by atoms with Crippen LogP contribution in [-0.4, -0.2) is 36.0 Å². The van der Waals surface area contributed by atoms with Crippen molar-refractivity contribution in [3.05, 3.63) is 12.7 Å². The number of rotatable bonds is 6. The first-order valence-electron chi connectivity index (χ1n) is 5.71. The topological polar surface area (TPSA) is 55.8 Å². The maximum absolute atomic E-state index is 11.0. The lowest BCUT2D eigenvalue weighted by Crippen LogP contribution is -2.31. The molecule has 1 aliphatic rings. The van der Waals surface area contributed by atoms with Crippen molar-refractivity contribution in [2.75, 3.05) is 6.61 Å². The molecular weight excluding hydrogens is 208 g/mol. The van der Waals surface area contributed by atoms with Gasteiger partial charge in [0.1, 0.15) is 6.10 Å². The predicted molar refractivity (Wildman–Crippen MR) is 60.0 cm³/mol. The number of carbonyl (C=O) groups excluding carboxylic acids is 1. The van der Waals surface area contributed by atoms with Gasteiger partial charge in [0.15, 0.2) is 0 Å². The van der Waals surface area contributed by atoms with Gasteiger partial charge in [-0.15, -0.1) is 6.58 Å². The fourth-order valence-electron chi connectivity index (χ4n) is 1.96. The van der Waals surface area contributed by atoms with Gasteiger partial charge in [-0.25, -0.2) is 0 Å². The lowest BCUT2D eigenvalue weighted by molar-refractivity contribution is -0.155. The van der Waals surface area contributed by atoms with E-state index in [1.54, 1.807) is 6.08 Å². The highest BCUT2D eigenvalue weighted by Gasteiger charge is 2.32. The number of carbonyl (C=O) groups is 1. The lowest BCUT2D eigenvalue weighted by atomic mass is 10.1. The third-order valence-electron chi connectivity index (χ3n) is 2.73. The zero-order valence-corrected chi connectivity index (χ0v) is 9.72. The Morgan fingerprint density at radius 2 is 2.44 bits per heavy atom. The third kappa shape index (κ3) is 3.94. The van der Waals surface area contributed by atoms with Crippen LogP contribution in [0.2, 0.25) is 0 Å². The SMILES string of the molecule is C=CCC[C@@H](OC(C)=O)[C@H]1CC[C@H](CO)O1. The Morgan fingerprint density at radius 3 is 2.94 bits per heavy atom.